The Balaban J connectivity index is 1.78. The molecule has 3 nitrogen and oxygen atoms in total. The number of rotatable bonds is 4. The standard InChI is InChI=1S/C26H25BrClNO2/c1-17(2)22-15-20(27)14-19-12-13-24(21-10-6-7-11-23(21)28)29(25(19)22)26(30)31-16-18-8-4-3-5-9-18/h3-11,14-15,17,24H,12-13,16H2,1-2H3. The summed E-state index contributed by atoms with van der Waals surface area (Å²) in [5.41, 5.74) is 5.13. The van der Waals surface area contributed by atoms with Crippen LogP contribution < -0.4 is 4.90 Å². The molecule has 5 heteroatoms. The first-order valence-corrected chi connectivity index (χ1v) is 11.7. The predicted octanol–water partition coefficient (Wildman–Crippen LogP) is 8.06. The molecule has 1 amide bonds. The summed E-state index contributed by atoms with van der Waals surface area (Å²) in [7, 11) is 0. The smallest absolute Gasteiger partial charge is 0.415 e. The summed E-state index contributed by atoms with van der Waals surface area (Å²) < 4.78 is 6.84. The largest absolute Gasteiger partial charge is 0.444 e. The number of benzene rings is 3. The van der Waals surface area contributed by atoms with Crippen molar-refractivity contribution in [3.05, 3.63) is 98.5 Å². The SMILES string of the molecule is CC(C)c1cc(Br)cc2c1N(C(=O)OCc1ccccc1)C(c1ccccc1Cl)CC2. The third-order valence-electron chi connectivity index (χ3n) is 5.71. The lowest BCUT2D eigenvalue weighted by atomic mass is 9.87. The molecule has 31 heavy (non-hydrogen) atoms. The second-order valence-electron chi connectivity index (χ2n) is 8.14. The van der Waals surface area contributed by atoms with Gasteiger partial charge in [-0.1, -0.05) is 89.9 Å². The first-order valence-electron chi connectivity index (χ1n) is 10.5. The van der Waals surface area contributed by atoms with Crippen molar-refractivity contribution in [2.24, 2.45) is 0 Å². The quantitative estimate of drug-likeness (QED) is 0.364. The van der Waals surface area contributed by atoms with Crippen molar-refractivity contribution in [2.75, 3.05) is 4.90 Å². The molecule has 1 heterocycles. The van der Waals surface area contributed by atoms with Crippen LogP contribution in [0.5, 0.6) is 0 Å². The summed E-state index contributed by atoms with van der Waals surface area (Å²) in [6.45, 7) is 4.53. The van der Waals surface area contributed by atoms with E-state index < -0.39 is 0 Å². The predicted molar refractivity (Wildman–Crippen MR) is 130 cm³/mol. The van der Waals surface area contributed by atoms with Gasteiger partial charge in [0, 0.05) is 9.50 Å². The summed E-state index contributed by atoms with van der Waals surface area (Å²) in [5.74, 6) is 0.251. The number of nitrogens with zero attached hydrogens (tertiary/aromatic N) is 1. The number of carbonyl (C=O) groups is 1. The monoisotopic (exact) mass is 497 g/mol. The number of ether oxygens (including phenoxy) is 1. The maximum Gasteiger partial charge on any atom is 0.415 e. The van der Waals surface area contributed by atoms with Gasteiger partial charge in [-0.25, -0.2) is 4.79 Å². The molecule has 0 N–H and O–H groups in total. The van der Waals surface area contributed by atoms with E-state index in [2.05, 4.69) is 41.9 Å². The molecule has 0 bridgehead atoms. The molecule has 0 spiro atoms. The van der Waals surface area contributed by atoms with Crippen LogP contribution in [0.3, 0.4) is 0 Å². The molecule has 1 aliphatic rings. The highest BCUT2D eigenvalue weighted by atomic mass is 79.9. The fourth-order valence-corrected chi connectivity index (χ4v) is 5.01. The number of aryl methyl sites for hydroxylation is 1. The van der Waals surface area contributed by atoms with E-state index in [1.165, 1.54) is 0 Å². The summed E-state index contributed by atoms with van der Waals surface area (Å²) in [6.07, 6.45) is 1.30. The number of hydrogen-bond donors (Lipinski definition) is 0. The molecule has 1 atom stereocenters. The third-order valence-corrected chi connectivity index (χ3v) is 6.51. The summed E-state index contributed by atoms with van der Waals surface area (Å²) >= 11 is 10.2. The Bertz CT molecular complexity index is 1080. The lowest BCUT2D eigenvalue weighted by Crippen LogP contribution is -2.39. The van der Waals surface area contributed by atoms with Gasteiger partial charge in [0.2, 0.25) is 0 Å². The lowest BCUT2D eigenvalue weighted by Gasteiger charge is -2.39. The van der Waals surface area contributed by atoms with Crippen LogP contribution in [0.15, 0.2) is 71.2 Å². The second kappa shape index (κ2) is 9.46. The average molecular weight is 499 g/mol. The van der Waals surface area contributed by atoms with Gasteiger partial charge in [0.1, 0.15) is 6.61 Å². The molecule has 1 aliphatic heterocycles. The molecule has 0 saturated carbocycles. The minimum absolute atomic E-state index is 0.178. The van der Waals surface area contributed by atoms with Crippen LogP contribution in [-0.4, -0.2) is 6.09 Å². The van der Waals surface area contributed by atoms with Crippen LogP contribution in [0.2, 0.25) is 5.02 Å². The Morgan fingerprint density at radius 1 is 1.13 bits per heavy atom. The zero-order valence-electron chi connectivity index (χ0n) is 17.6. The molecule has 1 unspecified atom stereocenters. The highest BCUT2D eigenvalue weighted by molar-refractivity contribution is 9.10. The summed E-state index contributed by atoms with van der Waals surface area (Å²) in [4.78, 5) is 15.4. The van der Waals surface area contributed by atoms with Crippen LogP contribution >= 0.6 is 27.5 Å². The molecule has 0 radical (unpaired) electrons. The Morgan fingerprint density at radius 2 is 1.84 bits per heavy atom. The molecule has 0 aliphatic carbocycles. The Morgan fingerprint density at radius 3 is 2.55 bits per heavy atom. The van der Waals surface area contributed by atoms with Crippen molar-refractivity contribution in [1.29, 1.82) is 0 Å². The third kappa shape index (κ3) is 4.65. The molecule has 3 aromatic rings. The van der Waals surface area contributed by atoms with Crippen molar-refractivity contribution in [3.8, 4) is 0 Å². The Labute approximate surface area is 197 Å². The maximum atomic E-state index is 13.5. The van der Waals surface area contributed by atoms with Crippen LogP contribution in [-0.2, 0) is 17.8 Å². The normalized spacial score (nSPS) is 15.6. The van der Waals surface area contributed by atoms with E-state index in [4.69, 9.17) is 16.3 Å². The number of hydrogen-bond acceptors (Lipinski definition) is 2. The Hall–Kier alpha value is -2.30. The van der Waals surface area contributed by atoms with Gasteiger partial charge in [0.25, 0.3) is 0 Å². The van der Waals surface area contributed by atoms with Crippen molar-refractivity contribution in [2.45, 2.75) is 45.3 Å². The molecule has 160 valence electrons. The van der Waals surface area contributed by atoms with E-state index in [1.54, 1.807) is 0 Å². The topological polar surface area (TPSA) is 29.5 Å². The minimum Gasteiger partial charge on any atom is -0.444 e. The van der Waals surface area contributed by atoms with Crippen LogP contribution in [0, 0.1) is 0 Å². The maximum absolute atomic E-state index is 13.5. The second-order valence-corrected chi connectivity index (χ2v) is 9.47. The van der Waals surface area contributed by atoms with Crippen molar-refractivity contribution < 1.29 is 9.53 Å². The van der Waals surface area contributed by atoms with Crippen LogP contribution in [0.1, 0.15) is 54.5 Å². The summed E-state index contributed by atoms with van der Waals surface area (Å²) in [5, 5.41) is 0.667. The van der Waals surface area contributed by atoms with Crippen molar-refractivity contribution in [1.82, 2.24) is 0 Å². The zero-order valence-corrected chi connectivity index (χ0v) is 20.0. The van der Waals surface area contributed by atoms with E-state index in [0.29, 0.717) is 5.02 Å². The number of fused-ring (bicyclic) bond motifs is 1. The molecular formula is C26H25BrClNO2. The summed E-state index contributed by atoms with van der Waals surface area (Å²) in [6, 6.07) is 21.6. The van der Waals surface area contributed by atoms with Crippen molar-refractivity contribution in [3.63, 3.8) is 0 Å². The molecular weight excluding hydrogens is 474 g/mol. The van der Waals surface area contributed by atoms with Gasteiger partial charge in [-0.2, -0.15) is 0 Å². The average Bonchev–Trinajstić information content (AvgIpc) is 2.77. The van der Waals surface area contributed by atoms with Gasteiger partial charge in [0.15, 0.2) is 0 Å². The van der Waals surface area contributed by atoms with Gasteiger partial charge >= 0.3 is 6.09 Å². The fraction of sp³-hybridized carbons (Fsp3) is 0.269. The molecule has 0 fully saturated rings. The molecule has 3 aromatic carbocycles. The van der Waals surface area contributed by atoms with Gasteiger partial charge < -0.3 is 4.74 Å². The number of amides is 1. The molecule has 4 rings (SSSR count). The van der Waals surface area contributed by atoms with Crippen LogP contribution in [0.25, 0.3) is 0 Å². The first kappa shape index (κ1) is 21.9. The number of anilines is 1. The molecule has 0 aromatic heterocycles. The van der Waals surface area contributed by atoms with Crippen LogP contribution in [0.4, 0.5) is 10.5 Å². The fourth-order valence-electron chi connectivity index (χ4n) is 4.23. The molecule has 0 saturated heterocycles. The zero-order chi connectivity index (χ0) is 22.0. The lowest BCUT2D eigenvalue weighted by molar-refractivity contribution is 0.143. The minimum atomic E-state index is -0.348. The van der Waals surface area contributed by atoms with Gasteiger partial charge in [-0.3, -0.25) is 4.90 Å². The van der Waals surface area contributed by atoms with E-state index >= 15 is 0 Å². The van der Waals surface area contributed by atoms with Crippen molar-refractivity contribution >= 4 is 39.3 Å². The first-order chi connectivity index (χ1) is 15.0. The number of carbonyl (C=O) groups excluding carboxylic acids is 1. The van der Waals surface area contributed by atoms with E-state index in [1.807, 2.05) is 59.5 Å². The van der Waals surface area contributed by atoms with E-state index in [9.17, 15) is 4.79 Å². The van der Waals surface area contributed by atoms with Gasteiger partial charge in [0.05, 0.1) is 11.7 Å². The number of halogens is 2. The van der Waals surface area contributed by atoms with E-state index in [-0.39, 0.29) is 24.7 Å². The Kier molecular flexibility index (Phi) is 6.68. The highest BCUT2D eigenvalue weighted by Crippen LogP contribution is 2.45. The van der Waals surface area contributed by atoms with Gasteiger partial charge in [-0.15, -0.1) is 0 Å². The highest BCUT2D eigenvalue weighted by Gasteiger charge is 2.36. The van der Waals surface area contributed by atoms with E-state index in [0.717, 1.165) is 45.3 Å². The van der Waals surface area contributed by atoms with Gasteiger partial charge in [-0.05, 0) is 59.2 Å².